The lowest BCUT2D eigenvalue weighted by Gasteiger charge is -2.30. The van der Waals surface area contributed by atoms with Gasteiger partial charge in [-0.1, -0.05) is 31.0 Å². The molecule has 1 aromatic carbocycles. The molecule has 1 aromatic heterocycles. The SMILES string of the molecule is CCC1C(C(=O)OC)C1C1NC(=O)c2c3c(c(O)c(=O)n21)C(=O)N(Cc1ccc(F)c(Cl)c1)CC3. The van der Waals surface area contributed by atoms with E-state index in [0.717, 1.165) is 0 Å². The normalized spacial score (nSPS) is 24.6. The second-order valence-electron chi connectivity index (χ2n) is 9.07. The molecule has 2 aromatic rings. The molecule has 1 fully saturated rings. The van der Waals surface area contributed by atoms with Gasteiger partial charge in [0.25, 0.3) is 17.4 Å². The number of nitrogens with one attached hydrogen (secondary N) is 1. The first-order valence-corrected chi connectivity index (χ1v) is 11.7. The van der Waals surface area contributed by atoms with Gasteiger partial charge in [0.2, 0.25) is 0 Å². The maximum atomic E-state index is 13.5. The fourth-order valence-corrected chi connectivity index (χ4v) is 5.79. The summed E-state index contributed by atoms with van der Waals surface area (Å²) in [5, 5.41) is 13.5. The van der Waals surface area contributed by atoms with E-state index in [1.54, 1.807) is 0 Å². The molecule has 1 saturated carbocycles. The van der Waals surface area contributed by atoms with Gasteiger partial charge in [-0.15, -0.1) is 0 Å². The van der Waals surface area contributed by atoms with Gasteiger partial charge in [0.1, 0.15) is 17.7 Å². The van der Waals surface area contributed by atoms with Crippen molar-refractivity contribution in [1.82, 2.24) is 14.8 Å². The minimum absolute atomic E-state index is 0.0380. The Morgan fingerprint density at radius 1 is 1.31 bits per heavy atom. The van der Waals surface area contributed by atoms with Crippen LogP contribution in [0.4, 0.5) is 4.39 Å². The Morgan fingerprint density at radius 2 is 2.06 bits per heavy atom. The molecule has 5 rings (SSSR count). The van der Waals surface area contributed by atoms with Crippen LogP contribution in [0.3, 0.4) is 0 Å². The molecule has 0 bridgehead atoms. The number of carbonyl (C=O) groups is 3. The lowest BCUT2D eigenvalue weighted by Crippen LogP contribution is -2.40. The molecule has 3 aliphatic rings. The molecule has 2 aliphatic heterocycles. The van der Waals surface area contributed by atoms with E-state index < -0.39 is 47.0 Å². The number of nitrogens with zero attached hydrogens (tertiary/aromatic N) is 2. The quantitative estimate of drug-likeness (QED) is 0.604. The van der Waals surface area contributed by atoms with Crippen LogP contribution < -0.4 is 10.9 Å². The van der Waals surface area contributed by atoms with E-state index in [4.69, 9.17) is 16.3 Å². The van der Waals surface area contributed by atoms with Crippen LogP contribution in [0.15, 0.2) is 23.0 Å². The molecular formula is C24H23ClFN3O6. The fourth-order valence-electron chi connectivity index (χ4n) is 5.59. The van der Waals surface area contributed by atoms with E-state index in [2.05, 4.69) is 5.32 Å². The smallest absolute Gasteiger partial charge is 0.309 e. The van der Waals surface area contributed by atoms with Crippen molar-refractivity contribution in [3.63, 3.8) is 0 Å². The molecule has 184 valence electrons. The number of benzene rings is 1. The third kappa shape index (κ3) is 3.50. The highest BCUT2D eigenvalue weighted by molar-refractivity contribution is 6.30. The van der Waals surface area contributed by atoms with Crippen molar-refractivity contribution in [2.24, 2.45) is 17.8 Å². The topological polar surface area (TPSA) is 118 Å². The number of ether oxygens (including phenoxy) is 1. The Morgan fingerprint density at radius 3 is 2.71 bits per heavy atom. The summed E-state index contributed by atoms with van der Waals surface area (Å²) in [7, 11) is 1.29. The van der Waals surface area contributed by atoms with E-state index in [1.807, 2.05) is 6.92 Å². The Hall–Kier alpha value is -3.40. The molecular weight excluding hydrogens is 481 g/mol. The summed E-state index contributed by atoms with van der Waals surface area (Å²) in [6, 6.07) is 4.11. The zero-order valence-electron chi connectivity index (χ0n) is 19.0. The Kier molecular flexibility index (Phi) is 5.58. The van der Waals surface area contributed by atoms with Crippen molar-refractivity contribution >= 4 is 29.4 Å². The van der Waals surface area contributed by atoms with Gasteiger partial charge in [-0.3, -0.25) is 23.7 Å². The monoisotopic (exact) mass is 503 g/mol. The van der Waals surface area contributed by atoms with Gasteiger partial charge in [0.15, 0.2) is 5.75 Å². The molecule has 2 amide bonds. The lowest BCUT2D eigenvalue weighted by molar-refractivity contribution is -0.143. The van der Waals surface area contributed by atoms with Crippen LogP contribution in [0.25, 0.3) is 0 Å². The van der Waals surface area contributed by atoms with Crippen molar-refractivity contribution in [2.75, 3.05) is 13.7 Å². The van der Waals surface area contributed by atoms with Crippen molar-refractivity contribution < 1.29 is 28.6 Å². The van der Waals surface area contributed by atoms with E-state index >= 15 is 0 Å². The van der Waals surface area contributed by atoms with E-state index in [0.29, 0.717) is 17.5 Å². The summed E-state index contributed by atoms with van der Waals surface area (Å²) in [6.45, 7) is 2.22. The van der Waals surface area contributed by atoms with Crippen LogP contribution in [0.5, 0.6) is 5.75 Å². The molecule has 35 heavy (non-hydrogen) atoms. The third-order valence-electron chi connectivity index (χ3n) is 7.29. The summed E-state index contributed by atoms with van der Waals surface area (Å²) in [4.78, 5) is 53.1. The number of aromatic hydroxyl groups is 1. The fraction of sp³-hybridized carbons (Fsp3) is 0.417. The zero-order valence-corrected chi connectivity index (χ0v) is 19.8. The molecule has 0 spiro atoms. The number of aromatic nitrogens is 1. The summed E-state index contributed by atoms with van der Waals surface area (Å²) in [5.41, 5.74) is -0.160. The van der Waals surface area contributed by atoms with Crippen molar-refractivity contribution in [3.05, 3.63) is 61.8 Å². The van der Waals surface area contributed by atoms with E-state index in [9.17, 15) is 28.7 Å². The Balaban J connectivity index is 1.52. The number of amides is 2. The van der Waals surface area contributed by atoms with Crippen LogP contribution in [-0.2, 0) is 22.5 Å². The van der Waals surface area contributed by atoms with Gasteiger partial charge in [-0.25, -0.2) is 4.39 Å². The highest BCUT2D eigenvalue weighted by atomic mass is 35.5. The Bertz CT molecular complexity index is 1340. The number of hydrogen-bond donors (Lipinski definition) is 2. The molecule has 1 aliphatic carbocycles. The van der Waals surface area contributed by atoms with Gasteiger partial charge in [0, 0.05) is 24.6 Å². The van der Waals surface area contributed by atoms with Crippen molar-refractivity contribution in [1.29, 1.82) is 0 Å². The summed E-state index contributed by atoms with van der Waals surface area (Å²) in [6.07, 6.45) is 0.0602. The molecule has 4 unspecified atom stereocenters. The predicted octanol–water partition coefficient (Wildman–Crippen LogP) is 2.23. The number of carbonyl (C=O) groups excluding carboxylic acids is 3. The van der Waals surface area contributed by atoms with Gasteiger partial charge in [0.05, 0.1) is 23.6 Å². The zero-order chi connectivity index (χ0) is 25.2. The standard InChI is InChI=1S/C24H23ClFN3O6/c1-3-11-15(16(11)24(34)35-2)20-27-21(31)18-12-6-7-28(9-10-4-5-14(26)13(25)8-10)22(32)17(12)19(30)23(33)29(18)20/h4-5,8,11,15-16,20,30H,3,6-7,9H2,1-2H3,(H,27,31). The predicted molar refractivity (Wildman–Crippen MR) is 122 cm³/mol. The van der Waals surface area contributed by atoms with Crippen molar-refractivity contribution in [2.45, 2.75) is 32.5 Å². The average Bonchev–Trinajstić information content (AvgIpc) is 3.47. The maximum absolute atomic E-state index is 13.5. The van der Waals surface area contributed by atoms with Crippen molar-refractivity contribution in [3.8, 4) is 5.75 Å². The number of fused-ring (bicyclic) bond motifs is 3. The Labute approximate surface area is 204 Å². The number of hydrogen-bond acceptors (Lipinski definition) is 6. The number of pyridine rings is 1. The minimum atomic E-state index is -0.868. The summed E-state index contributed by atoms with van der Waals surface area (Å²) < 4.78 is 19.6. The molecule has 2 N–H and O–H groups in total. The van der Waals surface area contributed by atoms with Gasteiger partial charge < -0.3 is 20.1 Å². The largest absolute Gasteiger partial charge is 0.502 e. The molecule has 0 saturated heterocycles. The van der Waals surface area contributed by atoms with Gasteiger partial charge in [-0.2, -0.15) is 0 Å². The highest BCUT2D eigenvalue weighted by Gasteiger charge is 2.61. The third-order valence-corrected chi connectivity index (χ3v) is 7.58. The summed E-state index contributed by atoms with van der Waals surface area (Å²) in [5.74, 6) is -3.76. The molecule has 0 radical (unpaired) electrons. The van der Waals surface area contributed by atoms with Gasteiger partial charge >= 0.3 is 5.97 Å². The van der Waals surface area contributed by atoms with Crippen LogP contribution in [0, 0.1) is 23.6 Å². The first-order valence-electron chi connectivity index (χ1n) is 11.3. The number of esters is 1. The lowest BCUT2D eigenvalue weighted by atomic mass is 9.95. The average molecular weight is 504 g/mol. The highest BCUT2D eigenvalue weighted by Crippen LogP contribution is 2.55. The number of rotatable bonds is 5. The van der Waals surface area contributed by atoms with Crippen LogP contribution in [0.1, 0.15) is 51.5 Å². The van der Waals surface area contributed by atoms with Crippen LogP contribution in [0.2, 0.25) is 5.02 Å². The van der Waals surface area contributed by atoms with E-state index in [-0.39, 0.29) is 47.6 Å². The first-order chi connectivity index (χ1) is 16.7. The van der Waals surface area contributed by atoms with E-state index in [1.165, 1.54) is 34.8 Å². The van der Waals surface area contributed by atoms with Gasteiger partial charge in [-0.05, 0) is 30.0 Å². The second-order valence-corrected chi connectivity index (χ2v) is 9.47. The molecule has 11 heteroatoms. The van der Waals surface area contributed by atoms with Crippen LogP contribution >= 0.6 is 11.6 Å². The van der Waals surface area contributed by atoms with Crippen LogP contribution in [-0.4, -0.2) is 46.0 Å². The second kappa shape index (κ2) is 8.37. The maximum Gasteiger partial charge on any atom is 0.309 e. The number of methoxy groups -OCH3 is 1. The minimum Gasteiger partial charge on any atom is -0.502 e. The molecule has 9 nitrogen and oxygen atoms in total. The molecule has 3 heterocycles. The molecule has 4 atom stereocenters. The first kappa shape index (κ1) is 23.3. The summed E-state index contributed by atoms with van der Waals surface area (Å²) >= 11 is 5.84. The number of halogens is 2.